The van der Waals surface area contributed by atoms with Gasteiger partial charge >= 0.3 is 0 Å². The van der Waals surface area contributed by atoms with E-state index in [1.165, 1.54) is 11.3 Å². The average Bonchev–Trinajstić information content (AvgIpc) is 2.19. The first-order valence-corrected chi connectivity index (χ1v) is 3.09. The van der Waals surface area contributed by atoms with Crippen molar-refractivity contribution >= 4 is 0 Å². The van der Waals surface area contributed by atoms with Crippen molar-refractivity contribution in [2.24, 2.45) is 5.73 Å². The fourth-order valence-electron chi connectivity index (χ4n) is 1.65. The van der Waals surface area contributed by atoms with Crippen molar-refractivity contribution in [1.29, 1.82) is 0 Å². The van der Waals surface area contributed by atoms with E-state index in [0.29, 0.717) is 12.1 Å². The van der Waals surface area contributed by atoms with Gasteiger partial charge in [0.05, 0.1) is 6.04 Å². The summed E-state index contributed by atoms with van der Waals surface area (Å²) in [6.07, 6.45) is 1.14. The van der Waals surface area contributed by atoms with E-state index < -0.39 is 0 Å². The second kappa shape index (κ2) is 1.14. The Balaban J connectivity index is 2.30. The highest BCUT2D eigenvalue weighted by atomic mass is 15.1. The molecule has 0 amide bonds. The largest absolute Gasteiger partial charge is 0.322 e. The lowest BCUT2D eigenvalue weighted by atomic mass is 10.1. The van der Waals surface area contributed by atoms with Crippen LogP contribution in [0.25, 0.3) is 0 Å². The summed E-state index contributed by atoms with van der Waals surface area (Å²) in [4.78, 5) is 0. The SMILES string of the molecule is CC1=C2CC(N)C1[NH2+]2. The van der Waals surface area contributed by atoms with Crippen LogP contribution in [-0.2, 0) is 0 Å². The van der Waals surface area contributed by atoms with Gasteiger partial charge in [-0.05, 0) is 6.92 Å². The Kier molecular flexibility index (Phi) is 0.648. The van der Waals surface area contributed by atoms with Crippen LogP contribution in [0.4, 0.5) is 0 Å². The van der Waals surface area contributed by atoms with Gasteiger partial charge < -0.3 is 11.1 Å². The lowest BCUT2D eigenvalue weighted by molar-refractivity contribution is -0.648. The fourth-order valence-corrected chi connectivity index (χ4v) is 1.65. The van der Waals surface area contributed by atoms with E-state index in [2.05, 4.69) is 12.2 Å². The van der Waals surface area contributed by atoms with Crippen LogP contribution in [0, 0.1) is 0 Å². The van der Waals surface area contributed by atoms with Crippen LogP contribution < -0.4 is 11.1 Å². The second-order valence-electron chi connectivity index (χ2n) is 2.77. The maximum absolute atomic E-state index is 5.74. The van der Waals surface area contributed by atoms with Crippen LogP contribution in [-0.4, -0.2) is 12.1 Å². The summed E-state index contributed by atoms with van der Waals surface area (Å²) in [6, 6.07) is 1.09. The van der Waals surface area contributed by atoms with Crippen molar-refractivity contribution in [3.8, 4) is 0 Å². The van der Waals surface area contributed by atoms with Gasteiger partial charge in [0.15, 0.2) is 0 Å². The molecule has 2 bridgehead atoms. The molecule has 0 aromatic carbocycles. The minimum absolute atomic E-state index is 0.435. The minimum atomic E-state index is 0.435. The van der Waals surface area contributed by atoms with Crippen LogP contribution in [0.1, 0.15) is 13.3 Å². The van der Waals surface area contributed by atoms with E-state index in [1.54, 1.807) is 0 Å². The molecule has 2 atom stereocenters. The van der Waals surface area contributed by atoms with Crippen molar-refractivity contribution < 1.29 is 5.32 Å². The third-order valence-corrected chi connectivity index (χ3v) is 2.30. The molecule has 2 nitrogen and oxygen atoms in total. The zero-order valence-electron chi connectivity index (χ0n) is 5.02. The van der Waals surface area contributed by atoms with Crippen molar-refractivity contribution in [2.75, 3.05) is 0 Å². The first-order chi connectivity index (χ1) is 3.79. The van der Waals surface area contributed by atoms with Crippen LogP contribution in [0.3, 0.4) is 0 Å². The second-order valence-corrected chi connectivity index (χ2v) is 2.77. The molecule has 2 unspecified atom stereocenters. The summed E-state index contributed by atoms with van der Waals surface area (Å²) in [7, 11) is 0. The molecule has 4 N–H and O–H groups in total. The minimum Gasteiger partial charge on any atom is -0.322 e. The summed E-state index contributed by atoms with van der Waals surface area (Å²) in [6.45, 7) is 2.19. The summed E-state index contributed by atoms with van der Waals surface area (Å²) >= 11 is 0. The van der Waals surface area contributed by atoms with E-state index in [0.717, 1.165) is 6.42 Å². The lowest BCUT2D eigenvalue weighted by Crippen LogP contribution is -2.93. The lowest BCUT2D eigenvalue weighted by Gasteiger charge is -2.17. The highest BCUT2D eigenvalue weighted by Crippen LogP contribution is 2.25. The molecule has 0 saturated carbocycles. The zero-order valence-corrected chi connectivity index (χ0v) is 5.02. The molecule has 1 saturated heterocycles. The van der Waals surface area contributed by atoms with E-state index in [4.69, 9.17) is 5.73 Å². The maximum atomic E-state index is 5.74. The normalized spacial score (nSPS) is 42.8. The topological polar surface area (TPSA) is 42.6 Å². The van der Waals surface area contributed by atoms with Gasteiger partial charge in [-0.25, -0.2) is 0 Å². The van der Waals surface area contributed by atoms with E-state index in [-0.39, 0.29) is 0 Å². The predicted molar refractivity (Wildman–Crippen MR) is 31.0 cm³/mol. The highest BCUT2D eigenvalue weighted by Gasteiger charge is 2.44. The van der Waals surface area contributed by atoms with Gasteiger partial charge in [-0.15, -0.1) is 0 Å². The van der Waals surface area contributed by atoms with Crippen LogP contribution >= 0.6 is 0 Å². The molecule has 0 spiro atoms. The van der Waals surface area contributed by atoms with Crippen LogP contribution in [0.2, 0.25) is 0 Å². The number of nitrogens with two attached hydrogens (primary N) is 2. The number of hydrogen-bond donors (Lipinski definition) is 2. The first-order valence-electron chi connectivity index (χ1n) is 3.09. The summed E-state index contributed by atoms with van der Waals surface area (Å²) < 4.78 is 0. The van der Waals surface area contributed by atoms with Crippen LogP contribution in [0.15, 0.2) is 11.3 Å². The molecule has 1 fully saturated rings. The van der Waals surface area contributed by atoms with Gasteiger partial charge in [0, 0.05) is 12.0 Å². The molecule has 2 heterocycles. The van der Waals surface area contributed by atoms with Crippen molar-refractivity contribution in [1.82, 2.24) is 0 Å². The Morgan fingerprint density at radius 2 is 2.50 bits per heavy atom. The fraction of sp³-hybridized carbons (Fsp3) is 0.667. The highest BCUT2D eigenvalue weighted by molar-refractivity contribution is 5.26. The quantitative estimate of drug-likeness (QED) is 0.411. The Morgan fingerprint density at radius 3 is 2.62 bits per heavy atom. The monoisotopic (exact) mass is 111 g/mol. The number of hydrogen-bond acceptors (Lipinski definition) is 1. The van der Waals surface area contributed by atoms with Gasteiger partial charge in [-0.2, -0.15) is 0 Å². The molecule has 1 aliphatic carbocycles. The Hall–Kier alpha value is -0.340. The molecular formula is C6H11N2+. The van der Waals surface area contributed by atoms with Crippen molar-refractivity contribution in [3.05, 3.63) is 11.3 Å². The van der Waals surface area contributed by atoms with Gasteiger partial charge in [-0.3, -0.25) is 0 Å². The Bertz CT molecular complexity index is 160. The summed E-state index contributed by atoms with van der Waals surface area (Å²) in [5, 5.41) is 2.29. The number of rotatable bonds is 0. The maximum Gasteiger partial charge on any atom is 0.133 e. The van der Waals surface area contributed by atoms with E-state index in [9.17, 15) is 0 Å². The average molecular weight is 111 g/mol. The molecular weight excluding hydrogens is 100 g/mol. The first kappa shape index (κ1) is 4.53. The summed E-state index contributed by atoms with van der Waals surface area (Å²) in [5.74, 6) is 0. The molecule has 3 aliphatic rings. The molecule has 8 heavy (non-hydrogen) atoms. The van der Waals surface area contributed by atoms with E-state index in [1.807, 2.05) is 0 Å². The Morgan fingerprint density at radius 1 is 1.75 bits per heavy atom. The third-order valence-electron chi connectivity index (χ3n) is 2.30. The third kappa shape index (κ3) is 0.318. The van der Waals surface area contributed by atoms with E-state index >= 15 is 0 Å². The van der Waals surface area contributed by atoms with Crippen molar-refractivity contribution in [2.45, 2.75) is 25.4 Å². The predicted octanol–water partition coefficient (Wildman–Crippen LogP) is -1.06. The van der Waals surface area contributed by atoms with Gasteiger partial charge in [0.2, 0.25) is 0 Å². The molecule has 2 aliphatic heterocycles. The molecule has 2 heteroatoms. The number of fused-ring (bicyclic) bond motifs is 1. The summed E-state index contributed by atoms with van der Waals surface area (Å²) in [5.41, 5.74) is 8.79. The smallest absolute Gasteiger partial charge is 0.133 e. The van der Waals surface area contributed by atoms with Gasteiger partial charge in [-0.1, -0.05) is 0 Å². The Labute approximate surface area is 48.8 Å². The van der Waals surface area contributed by atoms with Crippen molar-refractivity contribution in [3.63, 3.8) is 0 Å². The molecule has 0 radical (unpaired) electrons. The number of quaternary nitrogens is 1. The van der Waals surface area contributed by atoms with Crippen LogP contribution in [0.5, 0.6) is 0 Å². The zero-order chi connectivity index (χ0) is 5.72. The van der Waals surface area contributed by atoms with Gasteiger partial charge in [0.25, 0.3) is 0 Å². The molecule has 0 aromatic heterocycles. The molecule has 44 valence electrons. The molecule has 0 aromatic rings. The standard InChI is InChI=1S/C6H10N2/c1-3-5-2-4(7)6(3)8-5/h4,6,8H,2,7H2,1H3/p+1. The van der Waals surface area contributed by atoms with Gasteiger partial charge in [0.1, 0.15) is 11.7 Å². The molecule has 3 rings (SSSR count).